The molecule has 0 saturated carbocycles. The normalized spacial score (nSPS) is 14.3. The lowest BCUT2D eigenvalue weighted by Crippen LogP contribution is -2.47. The molecule has 0 aliphatic carbocycles. The summed E-state index contributed by atoms with van der Waals surface area (Å²) in [4.78, 5) is 22.7. The lowest BCUT2D eigenvalue weighted by molar-refractivity contribution is 0.139. The molecule has 7 heteroatoms. The number of aromatic nitrogens is 2. The molecule has 3 heterocycles. The Hall–Kier alpha value is -3.68. The highest BCUT2D eigenvalue weighted by molar-refractivity contribution is 5.81. The van der Waals surface area contributed by atoms with Crippen molar-refractivity contribution in [3.63, 3.8) is 0 Å². The molecule has 0 N–H and O–H groups in total. The monoisotopic (exact) mass is 484 g/mol. The van der Waals surface area contributed by atoms with Gasteiger partial charge in [-0.2, -0.15) is 0 Å². The van der Waals surface area contributed by atoms with E-state index in [-0.39, 0.29) is 5.56 Å². The topological polar surface area (TPSA) is 59.8 Å². The Balaban J connectivity index is 1.38. The Morgan fingerprint density at radius 3 is 2.44 bits per heavy atom. The number of rotatable bonds is 9. The van der Waals surface area contributed by atoms with Crippen molar-refractivity contribution in [1.82, 2.24) is 14.5 Å². The number of benzene rings is 2. The molecule has 1 aliphatic heterocycles. The van der Waals surface area contributed by atoms with Crippen LogP contribution in [0.4, 0.5) is 5.82 Å². The lowest BCUT2D eigenvalue weighted by atomic mass is 10.1. The highest BCUT2D eigenvalue weighted by atomic mass is 16.5. The van der Waals surface area contributed by atoms with Crippen molar-refractivity contribution in [1.29, 1.82) is 0 Å². The number of pyridine rings is 2. The van der Waals surface area contributed by atoms with E-state index in [9.17, 15) is 4.79 Å². The van der Waals surface area contributed by atoms with Crippen LogP contribution in [0, 0.1) is 0 Å². The van der Waals surface area contributed by atoms with Crippen LogP contribution >= 0.6 is 0 Å². The van der Waals surface area contributed by atoms with E-state index in [1.165, 1.54) is 0 Å². The van der Waals surface area contributed by atoms with Crippen LogP contribution < -0.4 is 15.2 Å². The Morgan fingerprint density at radius 1 is 0.889 bits per heavy atom. The van der Waals surface area contributed by atoms with Gasteiger partial charge >= 0.3 is 0 Å². The van der Waals surface area contributed by atoms with Crippen molar-refractivity contribution < 1.29 is 9.47 Å². The van der Waals surface area contributed by atoms with Crippen LogP contribution in [0.15, 0.2) is 83.8 Å². The zero-order valence-corrected chi connectivity index (χ0v) is 20.7. The van der Waals surface area contributed by atoms with Crippen LogP contribution in [0.25, 0.3) is 10.9 Å². The van der Waals surface area contributed by atoms with Gasteiger partial charge < -0.3 is 18.9 Å². The average molecular weight is 485 g/mol. The van der Waals surface area contributed by atoms with Crippen molar-refractivity contribution >= 4 is 16.7 Å². The molecule has 186 valence electrons. The minimum atomic E-state index is 0.0335. The Bertz CT molecular complexity index is 1330. The first-order valence-electron chi connectivity index (χ1n) is 12.6. The van der Waals surface area contributed by atoms with E-state index in [0.717, 1.165) is 54.2 Å². The van der Waals surface area contributed by atoms with E-state index >= 15 is 0 Å². The fraction of sp³-hybridized carbons (Fsp3) is 0.310. The van der Waals surface area contributed by atoms with Gasteiger partial charge in [0.25, 0.3) is 5.56 Å². The Morgan fingerprint density at radius 2 is 1.69 bits per heavy atom. The van der Waals surface area contributed by atoms with Crippen LogP contribution in [-0.2, 0) is 17.8 Å². The first-order valence-corrected chi connectivity index (χ1v) is 12.6. The number of nitrogens with zero attached hydrogens (tertiary/aromatic N) is 4. The second-order valence-electron chi connectivity index (χ2n) is 8.91. The SMILES string of the molecule is CCOCCn1c(=O)c(CN2CCN(c3ccccn3)CC2)cc2ccc(Oc3ccccc3)cc21. The second-order valence-corrected chi connectivity index (χ2v) is 8.91. The summed E-state index contributed by atoms with van der Waals surface area (Å²) in [5, 5.41) is 1.02. The van der Waals surface area contributed by atoms with E-state index in [4.69, 9.17) is 9.47 Å². The molecule has 0 amide bonds. The highest BCUT2D eigenvalue weighted by Gasteiger charge is 2.20. The fourth-order valence-corrected chi connectivity index (χ4v) is 4.65. The maximum Gasteiger partial charge on any atom is 0.255 e. The van der Waals surface area contributed by atoms with Gasteiger partial charge in [-0.25, -0.2) is 4.98 Å². The average Bonchev–Trinajstić information content (AvgIpc) is 2.92. The molecule has 36 heavy (non-hydrogen) atoms. The summed E-state index contributed by atoms with van der Waals surface area (Å²) >= 11 is 0. The largest absolute Gasteiger partial charge is 0.457 e. The van der Waals surface area contributed by atoms with E-state index in [0.29, 0.717) is 32.1 Å². The molecule has 2 aromatic carbocycles. The first-order chi connectivity index (χ1) is 17.7. The molecule has 1 aliphatic rings. The van der Waals surface area contributed by atoms with Crippen molar-refractivity contribution in [2.24, 2.45) is 0 Å². The number of anilines is 1. The quantitative estimate of drug-likeness (QED) is 0.325. The van der Waals surface area contributed by atoms with Crippen LogP contribution in [-0.4, -0.2) is 53.8 Å². The van der Waals surface area contributed by atoms with Gasteiger partial charge in [0.15, 0.2) is 0 Å². The molecule has 4 aromatic rings. The van der Waals surface area contributed by atoms with Crippen LogP contribution in [0.2, 0.25) is 0 Å². The molecule has 0 radical (unpaired) electrons. The van der Waals surface area contributed by atoms with Crippen molar-refractivity contribution in [3.05, 3.63) is 94.9 Å². The van der Waals surface area contributed by atoms with Crippen molar-refractivity contribution in [3.8, 4) is 11.5 Å². The number of ether oxygens (including phenoxy) is 2. The van der Waals surface area contributed by atoms with Gasteiger partial charge in [0.1, 0.15) is 17.3 Å². The summed E-state index contributed by atoms with van der Waals surface area (Å²) in [6, 6.07) is 23.7. The number of fused-ring (bicyclic) bond motifs is 1. The molecule has 1 fully saturated rings. The van der Waals surface area contributed by atoms with Crippen molar-refractivity contribution in [2.75, 3.05) is 44.3 Å². The Kier molecular flexibility index (Phi) is 7.59. The van der Waals surface area contributed by atoms with E-state index in [1.807, 2.05) is 90.5 Å². The van der Waals surface area contributed by atoms with Gasteiger partial charge in [0.05, 0.1) is 12.1 Å². The molecule has 2 aromatic heterocycles. The predicted molar refractivity (Wildman–Crippen MR) is 143 cm³/mol. The third kappa shape index (κ3) is 5.58. The molecule has 7 nitrogen and oxygen atoms in total. The van der Waals surface area contributed by atoms with Gasteiger partial charge in [-0.15, -0.1) is 0 Å². The fourth-order valence-electron chi connectivity index (χ4n) is 4.65. The molecule has 0 spiro atoms. The summed E-state index contributed by atoms with van der Waals surface area (Å²) < 4.78 is 13.5. The highest BCUT2D eigenvalue weighted by Crippen LogP contribution is 2.26. The van der Waals surface area contributed by atoms with Gasteiger partial charge in [0.2, 0.25) is 0 Å². The molecule has 0 unspecified atom stereocenters. The van der Waals surface area contributed by atoms with Crippen LogP contribution in [0.1, 0.15) is 12.5 Å². The summed E-state index contributed by atoms with van der Waals surface area (Å²) in [5.41, 5.74) is 1.70. The number of hydrogen-bond donors (Lipinski definition) is 0. The molecule has 5 rings (SSSR count). The van der Waals surface area contributed by atoms with E-state index in [1.54, 1.807) is 0 Å². The minimum Gasteiger partial charge on any atom is -0.457 e. The zero-order valence-electron chi connectivity index (χ0n) is 20.7. The number of piperazine rings is 1. The summed E-state index contributed by atoms with van der Waals surface area (Å²) in [7, 11) is 0. The molecule has 0 bridgehead atoms. The Labute approximate surface area is 211 Å². The smallest absolute Gasteiger partial charge is 0.255 e. The lowest BCUT2D eigenvalue weighted by Gasteiger charge is -2.35. The predicted octanol–water partition coefficient (Wildman–Crippen LogP) is 4.55. The third-order valence-corrected chi connectivity index (χ3v) is 6.52. The summed E-state index contributed by atoms with van der Waals surface area (Å²) in [6.07, 6.45) is 1.83. The maximum atomic E-state index is 13.6. The maximum absolute atomic E-state index is 13.6. The van der Waals surface area contributed by atoms with Gasteiger partial charge in [-0.05, 0) is 54.8 Å². The zero-order chi connectivity index (χ0) is 24.7. The van der Waals surface area contributed by atoms with Crippen molar-refractivity contribution in [2.45, 2.75) is 20.0 Å². The van der Waals surface area contributed by atoms with Crippen LogP contribution in [0.3, 0.4) is 0 Å². The standard InChI is InChI=1S/C29H32N4O3/c1-2-35-19-18-33-27-21-26(36-25-8-4-3-5-9-25)12-11-23(27)20-24(29(33)34)22-31-14-16-32(17-15-31)28-10-6-7-13-30-28/h3-13,20-21H,2,14-19,22H2,1H3. The molecule has 1 saturated heterocycles. The third-order valence-electron chi connectivity index (χ3n) is 6.52. The van der Waals surface area contributed by atoms with E-state index < -0.39 is 0 Å². The molecule has 0 atom stereocenters. The van der Waals surface area contributed by atoms with E-state index in [2.05, 4.69) is 14.8 Å². The summed E-state index contributed by atoms with van der Waals surface area (Å²) in [5.74, 6) is 2.48. The first kappa shape index (κ1) is 24.0. The molecular formula is C29H32N4O3. The van der Waals surface area contributed by atoms with Gasteiger partial charge in [0, 0.05) is 63.7 Å². The van der Waals surface area contributed by atoms with Gasteiger partial charge in [-0.3, -0.25) is 9.69 Å². The number of hydrogen-bond acceptors (Lipinski definition) is 6. The molecular weight excluding hydrogens is 452 g/mol. The van der Waals surface area contributed by atoms with Crippen LogP contribution in [0.5, 0.6) is 11.5 Å². The summed E-state index contributed by atoms with van der Waals surface area (Å²) in [6.45, 7) is 7.76. The van der Waals surface area contributed by atoms with Gasteiger partial charge in [-0.1, -0.05) is 24.3 Å². The number of para-hydroxylation sites is 1. The minimum absolute atomic E-state index is 0.0335. The second kappa shape index (κ2) is 11.4.